The predicted molar refractivity (Wildman–Crippen MR) is 104 cm³/mol. The van der Waals surface area contributed by atoms with Gasteiger partial charge in [-0.2, -0.15) is 0 Å². The summed E-state index contributed by atoms with van der Waals surface area (Å²) in [6.45, 7) is 2.93. The fraction of sp³-hybridized carbons (Fsp3) is 0.250. The molecule has 0 N–H and O–H groups in total. The summed E-state index contributed by atoms with van der Waals surface area (Å²) >= 11 is 0. The van der Waals surface area contributed by atoms with E-state index in [1.165, 1.54) is 12.1 Å². The Kier molecular flexibility index (Phi) is 5.41. The van der Waals surface area contributed by atoms with Gasteiger partial charge in [-0.3, -0.25) is 0 Å². The van der Waals surface area contributed by atoms with Crippen molar-refractivity contribution in [1.29, 1.82) is 0 Å². The second kappa shape index (κ2) is 7.99. The average Bonchev–Trinajstić information content (AvgIpc) is 2.72. The Hall–Kier alpha value is -2.66. The quantitative estimate of drug-likeness (QED) is 0.338. The van der Waals surface area contributed by atoms with Gasteiger partial charge in [0.25, 0.3) is 0 Å². The first-order valence-corrected chi connectivity index (χ1v) is 9.59. The second-order valence-corrected chi connectivity index (χ2v) is 7.58. The molecule has 1 heterocycles. The normalized spacial score (nSPS) is 19.3. The van der Waals surface area contributed by atoms with Crippen molar-refractivity contribution in [3.8, 4) is 22.3 Å². The Morgan fingerprint density at radius 2 is 1.34 bits per heavy atom. The Labute approximate surface area is 167 Å². The third kappa shape index (κ3) is 4.06. The minimum absolute atomic E-state index is 0.00731. The fourth-order valence-corrected chi connectivity index (χ4v) is 3.68. The van der Waals surface area contributed by atoms with Crippen LogP contribution in [0.3, 0.4) is 0 Å². The summed E-state index contributed by atoms with van der Waals surface area (Å²) in [7, 11) is 0. The molecule has 1 saturated heterocycles. The molecular formula is C24H20F4O. The maximum absolute atomic E-state index is 14.6. The zero-order valence-electron chi connectivity index (χ0n) is 15.9. The van der Waals surface area contributed by atoms with Crippen LogP contribution >= 0.6 is 0 Å². The largest absolute Gasteiger partial charge is 0.373 e. The molecule has 1 nitrogen and oxygen atoms in total. The van der Waals surface area contributed by atoms with Crippen LogP contribution in [0.1, 0.15) is 31.4 Å². The Morgan fingerprint density at radius 3 is 1.93 bits per heavy atom. The molecule has 0 radical (unpaired) electrons. The first kappa shape index (κ1) is 19.6. The van der Waals surface area contributed by atoms with Gasteiger partial charge in [-0.05, 0) is 59.2 Å². The molecule has 1 fully saturated rings. The zero-order chi connectivity index (χ0) is 20.5. The number of halogens is 4. The van der Waals surface area contributed by atoms with Crippen LogP contribution in [0.15, 0.2) is 54.6 Å². The fourth-order valence-electron chi connectivity index (χ4n) is 3.68. The van der Waals surface area contributed by atoms with E-state index in [1.54, 1.807) is 6.07 Å². The van der Waals surface area contributed by atoms with E-state index in [0.717, 1.165) is 42.7 Å². The highest BCUT2D eigenvalue weighted by Gasteiger charge is 2.20. The predicted octanol–water partition coefficient (Wildman–Crippen LogP) is 7.06. The van der Waals surface area contributed by atoms with Crippen molar-refractivity contribution in [3.05, 3.63) is 83.4 Å². The van der Waals surface area contributed by atoms with E-state index in [1.807, 2.05) is 24.3 Å². The molecule has 1 aliphatic rings. The lowest BCUT2D eigenvalue weighted by Crippen LogP contribution is -2.18. The Bertz CT molecular complexity index is 999. The highest BCUT2D eigenvalue weighted by atomic mass is 19.2. The topological polar surface area (TPSA) is 9.23 Å². The molecule has 4 rings (SSSR count). The van der Waals surface area contributed by atoms with Crippen LogP contribution in [0, 0.1) is 29.2 Å². The van der Waals surface area contributed by atoms with Crippen molar-refractivity contribution >= 4 is 0 Å². The van der Waals surface area contributed by atoms with E-state index < -0.39 is 23.3 Å². The van der Waals surface area contributed by atoms with E-state index in [0.29, 0.717) is 11.5 Å². The third-order valence-corrected chi connectivity index (χ3v) is 5.38. The number of hydrogen-bond donors (Lipinski definition) is 0. The van der Waals surface area contributed by atoms with Crippen LogP contribution in [-0.2, 0) is 4.74 Å². The first-order valence-electron chi connectivity index (χ1n) is 9.59. The smallest absolute Gasteiger partial charge is 0.194 e. The molecule has 0 spiro atoms. The highest BCUT2D eigenvalue weighted by molar-refractivity contribution is 5.71. The number of ether oxygens (including phenoxy) is 1. The SMILES string of the molecule is CC1CCC(c2ccc(-c3ccc(-c4cc(F)c(F)c(F)c4)c(F)c3)cc2)OC1. The third-order valence-electron chi connectivity index (χ3n) is 5.38. The van der Waals surface area contributed by atoms with Gasteiger partial charge in [0.1, 0.15) is 5.82 Å². The molecule has 3 aromatic carbocycles. The summed E-state index contributed by atoms with van der Waals surface area (Å²) in [6.07, 6.45) is 2.20. The van der Waals surface area contributed by atoms with E-state index in [2.05, 4.69) is 6.92 Å². The molecule has 0 amide bonds. The van der Waals surface area contributed by atoms with Crippen molar-refractivity contribution < 1.29 is 22.3 Å². The molecule has 0 aromatic heterocycles. The Morgan fingerprint density at radius 1 is 0.724 bits per heavy atom. The lowest BCUT2D eigenvalue weighted by Gasteiger charge is -2.27. The number of hydrogen-bond acceptors (Lipinski definition) is 1. The zero-order valence-corrected chi connectivity index (χ0v) is 15.9. The summed E-state index contributed by atoms with van der Waals surface area (Å²) in [4.78, 5) is 0. The molecule has 0 aliphatic carbocycles. The van der Waals surface area contributed by atoms with Crippen molar-refractivity contribution in [1.82, 2.24) is 0 Å². The molecule has 1 aliphatic heterocycles. The van der Waals surface area contributed by atoms with Crippen molar-refractivity contribution in [3.63, 3.8) is 0 Å². The first-order chi connectivity index (χ1) is 13.9. The van der Waals surface area contributed by atoms with Gasteiger partial charge in [-0.1, -0.05) is 43.3 Å². The summed E-state index contributed by atoms with van der Waals surface area (Å²) in [5, 5.41) is 0. The summed E-state index contributed by atoms with van der Waals surface area (Å²) in [5.41, 5.74) is 2.51. The molecule has 29 heavy (non-hydrogen) atoms. The van der Waals surface area contributed by atoms with Crippen LogP contribution in [-0.4, -0.2) is 6.61 Å². The molecule has 0 saturated carbocycles. The van der Waals surface area contributed by atoms with Gasteiger partial charge in [0.15, 0.2) is 17.5 Å². The molecule has 150 valence electrons. The van der Waals surface area contributed by atoms with Crippen molar-refractivity contribution in [2.24, 2.45) is 5.92 Å². The summed E-state index contributed by atoms with van der Waals surface area (Å²) in [6, 6.07) is 13.8. The van der Waals surface area contributed by atoms with E-state index >= 15 is 0 Å². The summed E-state index contributed by atoms with van der Waals surface area (Å²) < 4.78 is 60.6. The highest BCUT2D eigenvalue weighted by Crippen LogP contribution is 2.33. The lowest BCUT2D eigenvalue weighted by atomic mass is 9.94. The maximum atomic E-state index is 14.6. The molecule has 0 bridgehead atoms. The van der Waals surface area contributed by atoms with Crippen LogP contribution in [0.5, 0.6) is 0 Å². The molecule has 3 aromatic rings. The van der Waals surface area contributed by atoms with Crippen molar-refractivity contribution in [2.75, 3.05) is 6.61 Å². The molecular weight excluding hydrogens is 380 g/mol. The summed E-state index contributed by atoms with van der Waals surface area (Å²) in [5.74, 6) is -4.32. The minimum atomic E-state index is -1.57. The average molecular weight is 400 g/mol. The van der Waals surface area contributed by atoms with Gasteiger partial charge < -0.3 is 4.74 Å². The molecule has 2 unspecified atom stereocenters. The second-order valence-electron chi connectivity index (χ2n) is 7.58. The molecule has 5 heteroatoms. The van der Waals surface area contributed by atoms with Crippen LogP contribution in [0.2, 0.25) is 0 Å². The standard InChI is InChI=1S/C24H20F4O/c1-14-2-9-23(29-13-14)16-5-3-15(4-6-16)17-7-8-19(20(25)10-17)18-11-21(26)24(28)22(27)12-18/h3-8,10-12,14,23H,2,9,13H2,1H3. The van der Waals surface area contributed by atoms with Gasteiger partial charge in [0, 0.05) is 12.2 Å². The molecule has 2 atom stereocenters. The van der Waals surface area contributed by atoms with E-state index in [4.69, 9.17) is 4.74 Å². The van der Waals surface area contributed by atoms with Gasteiger partial charge in [-0.25, -0.2) is 17.6 Å². The van der Waals surface area contributed by atoms with E-state index in [9.17, 15) is 17.6 Å². The van der Waals surface area contributed by atoms with Crippen LogP contribution in [0.25, 0.3) is 22.3 Å². The van der Waals surface area contributed by atoms with Crippen LogP contribution < -0.4 is 0 Å². The van der Waals surface area contributed by atoms with Gasteiger partial charge in [0.2, 0.25) is 0 Å². The minimum Gasteiger partial charge on any atom is -0.373 e. The monoisotopic (exact) mass is 400 g/mol. The maximum Gasteiger partial charge on any atom is 0.194 e. The Balaban J connectivity index is 1.58. The lowest BCUT2D eigenvalue weighted by molar-refractivity contribution is -0.0123. The van der Waals surface area contributed by atoms with Gasteiger partial charge in [0.05, 0.1) is 6.10 Å². The van der Waals surface area contributed by atoms with Gasteiger partial charge in [-0.15, -0.1) is 0 Å². The van der Waals surface area contributed by atoms with Crippen LogP contribution in [0.4, 0.5) is 17.6 Å². The number of rotatable bonds is 3. The van der Waals surface area contributed by atoms with E-state index in [-0.39, 0.29) is 17.2 Å². The van der Waals surface area contributed by atoms with Crippen molar-refractivity contribution in [2.45, 2.75) is 25.9 Å². The number of benzene rings is 3. The van der Waals surface area contributed by atoms with Gasteiger partial charge >= 0.3 is 0 Å².